The molecule has 0 radical (unpaired) electrons. The van der Waals surface area contributed by atoms with Crippen LogP contribution < -0.4 is 0 Å². The molecule has 6 saturated carbocycles. The Morgan fingerprint density at radius 1 is 0.698 bits per heavy atom. The zero-order chi connectivity index (χ0) is 45.2. The van der Waals surface area contributed by atoms with E-state index in [0.717, 1.165) is 65.7 Å². The number of aliphatic carboxylic acids is 1. The van der Waals surface area contributed by atoms with Crippen LogP contribution in [0.4, 0.5) is 0 Å². The maximum absolute atomic E-state index is 11.0. The number of H-pyrrole nitrogens is 2. The van der Waals surface area contributed by atoms with E-state index >= 15 is 0 Å². The number of benzene rings is 1. The van der Waals surface area contributed by atoms with Gasteiger partial charge in [0.1, 0.15) is 0 Å². The summed E-state index contributed by atoms with van der Waals surface area (Å²) in [5, 5.41) is 61.9. The van der Waals surface area contributed by atoms with Gasteiger partial charge in [0.05, 0.1) is 29.7 Å². The van der Waals surface area contributed by atoms with Gasteiger partial charge in [-0.3, -0.25) is 10.2 Å². The van der Waals surface area contributed by atoms with Gasteiger partial charge >= 0.3 is 5.97 Å². The molecule has 0 unspecified atom stereocenters. The van der Waals surface area contributed by atoms with E-state index in [0.29, 0.717) is 10.8 Å². The first-order valence-corrected chi connectivity index (χ1v) is 24.5. The van der Waals surface area contributed by atoms with Crippen molar-refractivity contribution in [2.45, 2.75) is 175 Å². The van der Waals surface area contributed by atoms with Gasteiger partial charge in [0.25, 0.3) is 0 Å². The quantitative estimate of drug-likeness (QED) is 0.151. The topological polar surface area (TPSA) is 179 Å². The number of aliphatic hydroxyl groups excluding tert-OH is 1. The van der Waals surface area contributed by atoms with Gasteiger partial charge in [-0.1, -0.05) is 58.0 Å². The zero-order valence-corrected chi connectivity index (χ0v) is 39.3. The van der Waals surface area contributed by atoms with Gasteiger partial charge in [-0.2, -0.15) is 15.5 Å². The molecule has 0 aliphatic heterocycles. The molecular weight excluding hydrogens is 787 g/mol. The normalized spacial score (nSPS) is 42.9. The fourth-order valence-electron chi connectivity index (χ4n) is 16.4. The minimum absolute atomic E-state index is 0.146. The summed E-state index contributed by atoms with van der Waals surface area (Å²) in [5.74, 6) is 5.25. The second kappa shape index (κ2) is 17.0. The summed E-state index contributed by atoms with van der Waals surface area (Å²) in [5.41, 5.74) is 6.84. The summed E-state index contributed by atoms with van der Waals surface area (Å²) < 4.78 is 0. The van der Waals surface area contributed by atoms with Crippen LogP contribution in [0.25, 0.3) is 0 Å². The highest BCUT2D eigenvalue weighted by Gasteiger charge is 2.65. The number of carboxylic acid groups (broad SMARTS) is 1. The van der Waals surface area contributed by atoms with Crippen LogP contribution in [0.1, 0.15) is 154 Å². The van der Waals surface area contributed by atoms with Gasteiger partial charge < -0.3 is 20.4 Å². The van der Waals surface area contributed by atoms with Crippen LogP contribution in [0.2, 0.25) is 0 Å². The Kier molecular flexibility index (Phi) is 12.4. The lowest BCUT2D eigenvalue weighted by molar-refractivity contribution is -0.146. The van der Waals surface area contributed by atoms with Crippen molar-refractivity contribution in [2.75, 3.05) is 0 Å². The van der Waals surface area contributed by atoms with Crippen molar-refractivity contribution in [3.63, 3.8) is 0 Å². The van der Waals surface area contributed by atoms with Crippen LogP contribution in [0.3, 0.4) is 0 Å². The zero-order valence-electron chi connectivity index (χ0n) is 39.3. The van der Waals surface area contributed by atoms with Crippen molar-refractivity contribution in [1.82, 2.24) is 20.4 Å². The number of nitrogens with one attached hydrogen (secondary N) is 2. The van der Waals surface area contributed by atoms with Gasteiger partial charge in [-0.15, -0.1) is 0 Å². The number of aromatic amines is 2. The van der Waals surface area contributed by atoms with Crippen LogP contribution in [0, 0.1) is 80.3 Å². The summed E-state index contributed by atoms with van der Waals surface area (Å²) in [7, 11) is 0. The minimum atomic E-state index is -1.30. The minimum Gasteiger partial charge on any atom is -0.479 e. The van der Waals surface area contributed by atoms with Crippen molar-refractivity contribution >= 4 is 5.97 Å². The third-order valence-corrected chi connectivity index (χ3v) is 20.5. The fourth-order valence-corrected chi connectivity index (χ4v) is 16.4. The number of nitrogens with zero attached hydrogens (tertiary/aromatic N) is 3. The monoisotopic (exact) mass is 864 g/mol. The molecule has 1 aromatic carbocycles. The van der Waals surface area contributed by atoms with E-state index in [9.17, 15) is 15.0 Å². The number of aliphatic hydroxyl groups is 3. The maximum Gasteiger partial charge on any atom is 0.332 e. The average molecular weight is 864 g/mol. The molecule has 0 bridgehead atoms. The molecule has 0 saturated heterocycles. The van der Waals surface area contributed by atoms with Gasteiger partial charge in [-0.05, 0) is 202 Å². The van der Waals surface area contributed by atoms with Crippen molar-refractivity contribution < 1.29 is 25.2 Å². The first kappa shape index (κ1) is 46.0. The second-order valence-electron chi connectivity index (χ2n) is 23.1. The number of aromatic nitrogens is 4. The molecule has 63 heavy (non-hydrogen) atoms. The number of hydrogen-bond acceptors (Lipinski definition) is 7. The lowest BCUT2D eigenvalue weighted by atomic mass is 9.44. The summed E-state index contributed by atoms with van der Waals surface area (Å²) >= 11 is 0. The highest BCUT2D eigenvalue weighted by molar-refractivity contribution is 5.72. The molecule has 15 atom stereocenters. The average Bonchev–Trinajstić information content (AvgIpc) is 4.00. The van der Waals surface area contributed by atoms with Gasteiger partial charge in [0.15, 0.2) is 6.10 Å². The van der Waals surface area contributed by atoms with Crippen LogP contribution in [0.5, 0.6) is 0 Å². The molecule has 0 spiro atoms. The molecule has 2 heterocycles. The van der Waals surface area contributed by atoms with E-state index in [1.165, 1.54) is 119 Å². The predicted molar refractivity (Wildman–Crippen MR) is 244 cm³/mol. The number of hydrogen-bond donors (Lipinski definition) is 6. The van der Waals surface area contributed by atoms with Crippen molar-refractivity contribution in [2.24, 2.45) is 69.0 Å². The molecule has 10 heteroatoms. The molecule has 6 N–H and O–H groups in total. The van der Waals surface area contributed by atoms with E-state index in [-0.39, 0.29) is 17.3 Å². The van der Waals surface area contributed by atoms with E-state index in [1.807, 2.05) is 18.2 Å². The Bertz CT molecular complexity index is 2010. The lowest BCUT2D eigenvalue weighted by Gasteiger charge is -2.60. The molecule has 3 aromatic rings. The number of nitriles is 1. The molecule has 344 valence electrons. The van der Waals surface area contributed by atoms with Crippen molar-refractivity contribution in [1.29, 1.82) is 5.26 Å². The highest BCUT2D eigenvalue weighted by Crippen LogP contribution is 2.69. The van der Waals surface area contributed by atoms with Crippen LogP contribution in [0.15, 0.2) is 42.7 Å². The molecule has 0 amide bonds. The lowest BCUT2D eigenvalue weighted by Crippen LogP contribution is -2.56. The van der Waals surface area contributed by atoms with Crippen molar-refractivity contribution in [3.05, 3.63) is 70.8 Å². The largest absolute Gasteiger partial charge is 0.479 e. The van der Waals surface area contributed by atoms with E-state index in [2.05, 4.69) is 74.3 Å². The van der Waals surface area contributed by atoms with E-state index in [1.54, 1.807) is 18.2 Å². The molecule has 8 aliphatic carbocycles. The number of rotatable bonds is 3. The summed E-state index contributed by atoms with van der Waals surface area (Å²) in [6, 6.07) is 10.8. The number of carbonyl (C=O) groups is 1. The Hall–Kier alpha value is -3.52. The Morgan fingerprint density at radius 2 is 1.11 bits per heavy atom. The van der Waals surface area contributed by atoms with Gasteiger partial charge in [0.2, 0.25) is 0 Å². The number of fused-ring (bicyclic) bond motifs is 12. The SMILES string of the molecule is CC#N.C[C@]12Cc3cn[nH]c3C[C@@H]1CC[C@@H]1[C@@H]2CC[C@@]2(C)[C@H]1CC[C@]2(C)O.C[C@]12Cc3cn[nH]c3C[C@@H]1CC[C@@H]1[C@@H]2CC[C@@]2(C)[C@H]1CC[C@]2(C)O.O=C(O)[C@H](O)Cc1ccccc1. The van der Waals surface area contributed by atoms with E-state index < -0.39 is 23.3 Å². The molecule has 8 aliphatic rings. The van der Waals surface area contributed by atoms with Gasteiger partial charge in [0, 0.05) is 24.7 Å². The van der Waals surface area contributed by atoms with Gasteiger partial charge in [-0.25, -0.2) is 4.79 Å². The first-order valence-electron chi connectivity index (χ1n) is 24.5. The smallest absolute Gasteiger partial charge is 0.332 e. The Balaban J connectivity index is 0.000000133. The van der Waals surface area contributed by atoms with Crippen LogP contribution in [-0.2, 0) is 36.9 Å². The molecular formula is C53H77N5O5. The van der Waals surface area contributed by atoms with Crippen LogP contribution in [-0.4, -0.2) is 64.1 Å². The number of carboxylic acids is 1. The second-order valence-corrected chi connectivity index (χ2v) is 23.1. The molecule has 10 nitrogen and oxygen atoms in total. The maximum atomic E-state index is 11.0. The fraction of sp³-hybridized carbons (Fsp3) is 0.736. The third-order valence-electron chi connectivity index (χ3n) is 20.5. The Morgan fingerprint density at radius 3 is 1.52 bits per heavy atom. The summed E-state index contributed by atoms with van der Waals surface area (Å²) in [6.45, 7) is 15.6. The molecule has 2 aromatic heterocycles. The van der Waals surface area contributed by atoms with Crippen LogP contribution >= 0.6 is 0 Å². The summed E-state index contributed by atoms with van der Waals surface area (Å²) in [4.78, 5) is 10.3. The Labute approximate surface area is 376 Å². The van der Waals surface area contributed by atoms with E-state index in [4.69, 9.17) is 15.5 Å². The molecule has 11 rings (SSSR count). The predicted octanol–water partition coefficient (Wildman–Crippen LogP) is 9.44. The molecule has 6 fully saturated rings. The first-order chi connectivity index (χ1) is 29.8. The highest BCUT2D eigenvalue weighted by atomic mass is 16.4. The standard InChI is InChI=1S/2C21H32N2O.C9H10O3.C2H3N/c2*1-19-11-13-12-22-23-18(13)10-14(19)4-5-15-16(19)6-8-20(2)17(15)7-9-21(20,3)24;10-8(9(11)12)6-7-4-2-1-3-5-7;1-2-3/h2*12,14-17,24H,4-11H2,1-3H3,(H,22,23);1-5,8,10H,6H2,(H,11,12);1H3/t2*14-,15+,16-,17-,19-,20-,21-;8-;/m001./s1. The summed E-state index contributed by atoms with van der Waals surface area (Å²) in [6.07, 6.45) is 22.9. The third kappa shape index (κ3) is 7.82. The van der Waals surface area contributed by atoms with Crippen molar-refractivity contribution in [3.8, 4) is 6.07 Å².